The Bertz CT molecular complexity index is 1650. The minimum atomic E-state index is -0.786. The van der Waals surface area contributed by atoms with Crippen LogP contribution in [-0.4, -0.2) is 77.1 Å². The lowest BCUT2D eigenvalue weighted by atomic mass is 9.71. The third-order valence-corrected chi connectivity index (χ3v) is 11.1. The van der Waals surface area contributed by atoms with Crippen molar-refractivity contribution in [1.82, 2.24) is 20.0 Å². The van der Waals surface area contributed by atoms with Crippen LogP contribution in [0.2, 0.25) is 5.02 Å². The van der Waals surface area contributed by atoms with E-state index in [-0.39, 0.29) is 53.2 Å². The number of halogens is 2. The monoisotopic (exact) mass is 646 g/mol. The highest BCUT2D eigenvalue weighted by Gasteiger charge is 2.48. The van der Waals surface area contributed by atoms with E-state index in [0.29, 0.717) is 18.7 Å². The first kappa shape index (κ1) is 31.1. The summed E-state index contributed by atoms with van der Waals surface area (Å²) in [4.78, 5) is 56.1. The molecule has 0 saturated carbocycles. The lowest BCUT2D eigenvalue weighted by Crippen LogP contribution is -2.62. The van der Waals surface area contributed by atoms with Gasteiger partial charge in [0, 0.05) is 48.6 Å². The number of nitrogens with zero attached hydrogens (tertiary/aromatic N) is 3. The molecule has 1 unspecified atom stereocenters. The van der Waals surface area contributed by atoms with Gasteiger partial charge in [0.1, 0.15) is 11.9 Å². The summed E-state index contributed by atoms with van der Waals surface area (Å²) >= 11 is 6.18. The van der Waals surface area contributed by atoms with Crippen molar-refractivity contribution in [1.29, 1.82) is 0 Å². The quantitative estimate of drug-likeness (QED) is 0.437. The minimum Gasteiger partial charge on any atom is -0.337 e. The zero-order valence-electron chi connectivity index (χ0n) is 26.5. The Hall–Kier alpha value is -3.56. The summed E-state index contributed by atoms with van der Waals surface area (Å²) in [5.41, 5.74) is 5.22. The van der Waals surface area contributed by atoms with E-state index in [1.165, 1.54) is 34.1 Å². The molecule has 3 saturated heterocycles. The van der Waals surface area contributed by atoms with Crippen LogP contribution >= 0.6 is 11.6 Å². The molecule has 0 bridgehead atoms. The molecule has 1 spiro atoms. The fourth-order valence-corrected chi connectivity index (χ4v) is 8.19. The summed E-state index contributed by atoms with van der Waals surface area (Å²) in [7, 11) is 0. The molecule has 0 radical (unpaired) electrons. The Morgan fingerprint density at radius 3 is 2.43 bits per heavy atom. The van der Waals surface area contributed by atoms with E-state index in [2.05, 4.69) is 36.2 Å². The summed E-state index contributed by atoms with van der Waals surface area (Å²) in [5.74, 6) is -2.42. The standard InChI is InChI=1S/C36H40ClFN4O4/c1-35(2)10-9-23(28(17-35)22-3-5-25(37)6-4-22)18-40-13-11-36(12-14-40)20-41(21-36)33(45)27-15-24-19-42(34(46)26(24)16-29(27)38)30-7-8-31(43)39-32(30)44/h3-6,15-16,30H,7-14,17-21H2,1-2H3,(H,39,43,44). The predicted octanol–water partition coefficient (Wildman–Crippen LogP) is 5.44. The third kappa shape index (κ3) is 5.77. The Morgan fingerprint density at radius 1 is 1.02 bits per heavy atom. The zero-order valence-corrected chi connectivity index (χ0v) is 27.2. The van der Waals surface area contributed by atoms with Gasteiger partial charge in [-0.2, -0.15) is 0 Å². The summed E-state index contributed by atoms with van der Waals surface area (Å²) in [6.45, 7) is 8.89. The molecule has 3 fully saturated rings. The fraction of sp³-hybridized carbons (Fsp3) is 0.500. The number of carbonyl (C=O) groups excluding carboxylic acids is 4. The van der Waals surface area contributed by atoms with Crippen LogP contribution in [0.5, 0.6) is 0 Å². The first-order valence-electron chi connectivity index (χ1n) is 16.4. The molecule has 242 valence electrons. The number of fused-ring (bicyclic) bond motifs is 1. The van der Waals surface area contributed by atoms with E-state index in [0.717, 1.165) is 56.4 Å². The van der Waals surface area contributed by atoms with Crippen LogP contribution in [-0.2, 0) is 16.1 Å². The summed E-state index contributed by atoms with van der Waals surface area (Å²) in [6.07, 6.45) is 5.69. The highest BCUT2D eigenvalue weighted by atomic mass is 35.5. The smallest absolute Gasteiger partial charge is 0.256 e. The molecule has 4 heterocycles. The van der Waals surface area contributed by atoms with Gasteiger partial charge in [-0.3, -0.25) is 29.4 Å². The van der Waals surface area contributed by atoms with Gasteiger partial charge >= 0.3 is 0 Å². The third-order valence-electron chi connectivity index (χ3n) is 10.9. The number of nitrogens with one attached hydrogen (secondary N) is 1. The second-order valence-corrected chi connectivity index (χ2v) is 15.2. The molecule has 8 nitrogen and oxygen atoms in total. The lowest BCUT2D eigenvalue weighted by molar-refractivity contribution is -0.136. The van der Waals surface area contributed by atoms with Gasteiger partial charge in [-0.25, -0.2) is 4.39 Å². The molecular weight excluding hydrogens is 607 g/mol. The maximum Gasteiger partial charge on any atom is 0.256 e. The van der Waals surface area contributed by atoms with Crippen molar-refractivity contribution in [2.45, 2.75) is 71.4 Å². The van der Waals surface area contributed by atoms with Crippen molar-refractivity contribution in [3.8, 4) is 0 Å². The van der Waals surface area contributed by atoms with E-state index < -0.39 is 23.7 Å². The molecule has 0 aromatic heterocycles. The number of imide groups is 1. The van der Waals surface area contributed by atoms with Gasteiger partial charge in [0.15, 0.2) is 0 Å². The Morgan fingerprint density at radius 2 is 1.74 bits per heavy atom. The van der Waals surface area contributed by atoms with Crippen LogP contribution in [0.4, 0.5) is 4.39 Å². The van der Waals surface area contributed by atoms with Gasteiger partial charge in [0.25, 0.3) is 11.8 Å². The number of likely N-dealkylation sites (tertiary alicyclic amines) is 2. The molecule has 1 N–H and O–H groups in total. The summed E-state index contributed by atoms with van der Waals surface area (Å²) in [6, 6.07) is 10.0. The van der Waals surface area contributed by atoms with Crippen LogP contribution in [0.3, 0.4) is 0 Å². The molecule has 2 aromatic rings. The number of piperidine rings is 2. The summed E-state index contributed by atoms with van der Waals surface area (Å²) < 4.78 is 15.3. The van der Waals surface area contributed by atoms with Crippen molar-refractivity contribution >= 4 is 40.8 Å². The van der Waals surface area contributed by atoms with Crippen LogP contribution < -0.4 is 5.32 Å². The molecule has 10 heteroatoms. The minimum absolute atomic E-state index is 0.0363. The van der Waals surface area contributed by atoms with Crippen LogP contribution in [0.15, 0.2) is 42.0 Å². The molecule has 4 aliphatic heterocycles. The number of allylic oxidation sites excluding steroid dienone is 1. The lowest BCUT2D eigenvalue weighted by Gasteiger charge is -2.54. The van der Waals surface area contributed by atoms with E-state index in [9.17, 15) is 19.2 Å². The first-order valence-corrected chi connectivity index (χ1v) is 16.7. The number of hydrogen-bond acceptors (Lipinski definition) is 5. The van der Waals surface area contributed by atoms with Gasteiger partial charge in [-0.05, 0) is 98.0 Å². The maximum absolute atomic E-state index is 15.3. The molecule has 2 aromatic carbocycles. The van der Waals surface area contributed by atoms with Crippen LogP contribution in [0.1, 0.15) is 90.6 Å². The summed E-state index contributed by atoms with van der Waals surface area (Å²) in [5, 5.41) is 3.02. The fourth-order valence-electron chi connectivity index (χ4n) is 8.07. The Balaban J connectivity index is 0.975. The van der Waals surface area contributed by atoms with Crippen molar-refractivity contribution in [2.75, 3.05) is 32.7 Å². The van der Waals surface area contributed by atoms with Gasteiger partial charge in [-0.15, -0.1) is 0 Å². The number of rotatable bonds is 5. The number of carbonyl (C=O) groups is 4. The molecule has 46 heavy (non-hydrogen) atoms. The molecule has 4 amide bonds. The second kappa shape index (κ2) is 11.6. The average molecular weight is 647 g/mol. The number of hydrogen-bond donors (Lipinski definition) is 1. The van der Waals surface area contributed by atoms with E-state index >= 15 is 4.39 Å². The number of amides is 4. The van der Waals surface area contributed by atoms with Gasteiger partial charge < -0.3 is 9.80 Å². The Kier molecular flexibility index (Phi) is 7.83. The highest BCUT2D eigenvalue weighted by Crippen LogP contribution is 2.45. The van der Waals surface area contributed by atoms with Crippen molar-refractivity contribution < 1.29 is 23.6 Å². The predicted molar refractivity (Wildman–Crippen MR) is 172 cm³/mol. The molecule has 7 rings (SSSR count). The van der Waals surface area contributed by atoms with Gasteiger partial charge in [-0.1, -0.05) is 43.2 Å². The van der Waals surface area contributed by atoms with Gasteiger partial charge in [0.05, 0.1) is 5.56 Å². The largest absolute Gasteiger partial charge is 0.337 e. The SMILES string of the molecule is CC1(C)CCC(CN2CCC3(CC2)CN(C(=O)c2cc4c(cc2F)C(=O)N(C2CCC(=O)NC2=O)C4)C3)=C(c2ccc(Cl)cc2)C1. The van der Waals surface area contributed by atoms with Crippen molar-refractivity contribution in [3.63, 3.8) is 0 Å². The van der Waals surface area contributed by atoms with Crippen LogP contribution in [0.25, 0.3) is 5.57 Å². The highest BCUT2D eigenvalue weighted by molar-refractivity contribution is 6.30. The van der Waals surface area contributed by atoms with Crippen molar-refractivity contribution in [3.05, 3.63) is 75.1 Å². The Labute approximate surface area is 273 Å². The zero-order chi connectivity index (χ0) is 32.4. The molecule has 5 aliphatic rings. The normalized spacial score (nSPS) is 24.3. The first-order chi connectivity index (χ1) is 21.9. The number of benzene rings is 2. The van der Waals surface area contributed by atoms with Gasteiger partial charge in [0.2, 0.25) is 11.8 Å². The topological polar surface area (TPSA) is 90.0 Å². The van der Waals surface area contributed by atoms with E-state index in [1.807, 2.05) is 12.1 Å². The maximum atomic E-state index is 15.3. The van der Waals surface area contributed by atoms with E-state index in [4.69, 9.17) is 11.6 Å². The van der Waals surface area contributed by atoms with Crippen LogP contribution in [0, 0.1) is 16.6 Å². The molecule has 1 atom stereocenters. The second-order valence-electron chi connectivity index (χ2n) is 14.8. The average Bonchev–Trinajstić information content (AvgIpc) is 3.31. The molecule has 1 aliphatic carbocycles. The van der Waals surface area contributed by atoms with Crippen molar-refractivity contribution in [2.24, 2.45) is 10.8 Å². The van der Waals surface area contributed by atoms with E-state index in [1.54, 1.807) is 4.90 Å². The molecular formula is C36H40ClFN4O4.